The first-order valence-corrected chi connectivity index (χ1v) is 7.90. The maximum absolute atomic E-state index is 13.3. The van der Waals surface area contributed by atoms with E-state index in [2.05, 4.69) is 12.2 Å². The zero-order chi connectivity index (χ0) is 12.8. The van der Waals surface area contributed by atoms with Crippen molar-refractivity contribution >= 4 is 11.8 Å². The van der Waals surface area contributed by atoms with Gasteiger partial charge in [0.2, 0.25) is 0 Å². The Hall–Kier alpha value is -0.540. The lowest BCUT2D eigenvalue weighted by Crippen LogP contribution is -2.12. The van der Waals surface area contributed by atoms with Gasteiger partial charge in [0, 0.05) is 17.2 Å². The molecule has 3 heteroatoms. The molecule has 0 bridgehead atoms. The first-order chi connectivity index (χ1) is 8.79. The molecule has 18 heavy (non-hydrogen) atoms. The smallest absolute Gasteiger partial charge is 0.123 e. The van der Waals surface area contributed by atoms with Crippen molar-refractivity contribution in [3.8, 4) is 0 Å². The van der Waals surface area contributed by atoms with Gasteiger partial charge in [0.1, 0.15) is 5.82 Å². The van der Waals surface area contributed by atoms with Gasteiger partial charge in [-0.2, -0.15) is 0 Å². The van der Waals surface area contributed by atoms with Crippen LogP contribution in [0.3, 0.4) is 0 Å². The molecule has 1 aliphatic carbocycles. The number of hydrogen-bond donors (Lipinski definition) is 1. The number of rotatable bonds is 6. The molecule has 0 atom stereocenters. The van der Waals surface area contributed by atoms with Crippen LogP contribution in [0, 0.1) is 11.7 Å². The lowest BCUT2D eigenvalue weighted by atomic mass is 10.1. The van der Waals surface area contributed by atoms with Crippen molar-refractivity contribution in [2.24, 2.45) is 5.92 Å². The summed E-state index contributed by atoms with van der Waals surface area (Å²) in [7, 11) is 0. The van der Waals surface area contributed by atoms with Crippen LogP contribution >= 0.6 is 11.8 Å². The SMILES string of the molecule is CCNCc1cc(F)ccc1SCC1CCCC1. The number of halogens is 1. The fraction of sp³-hybridized carbons (Fsp3) is 0.600. The van der Waals surface area contributed by atoms with Crippen molar-refractivity contribution in [2.75, 3.05) is 12.3 Å². The number of benzene rings is 1. The molecule has 1 aromatic carbocycles. The predicted molar refractivity (Wildman–Crippen MR) is 76.5 cm³/mol. The van der Waals surface area contributed by atoms with E-state index in [0.29, 0.717) is 0 Å². The van der Waals surface area contributed by atoms with E-state index in [1.165, 1.54) is 36.3 Å². The van der Waals surface area contributed by atoms with Gasteiger partial charge in [-0.1, -0.05) is 19.8 Å². The molecule has 1 saturated carbocycles. The van der Waals surface area contributed by atoms with Crippen LogP contribution in [-0.4, -0.2) is 12.3 Å². The highest BCUT2D eigenvalue weighted by Gasteiger charge is 2.15. The molecule has 2 rings (SSSR count). The summed E-state index contributed by atoms with van der Waals surface area (Å²) >= 11 is 1.90. The van der Waals surface area contributed by atoms with Crippen molar-refractivity contribution in [3.05, 3.63) is 29.6 Å². The summed E-state index contributed by atoms with van der Waals surface area (Å²) in [4.78, 5) is 1.24. The van der Waals surface area contributed by atoms with E-state index in [-0.39, 0.29) is 5.82 Å². The molecular weight excluding hydrogens is 245 g/mol. The number of thioether (sulfide) groups is 1. The van der Waals surface area contributed by atoms with Gasteiger partial charge in [-0.15, -0.1) is 11.8 Å². The molecule has 0 unspecified atom stereocenters. The van der Waals surface area contributed by atoms with E-state index < -0.39 is 0 Å². The Morgan fingerprint density at radius 2 is 2.11 bits per heavy atom. The van der Waals surface area contributed by atoms with Gasteiger partial charge >= 0.3 is 0 Å². The standard InChI is InChI=1S/C15H22FNS/c1-2-17-10-13-9-14(16)7-8-15(13)18-11-12-5-3-4-6-12/h7-9,12,17H,2-6,10-11H2,1H3. The average molecular weight is 267 g/mol. The maximum atomic E-state index is 13.3. The van der Waals surface area contributed by atoms with Crippen LogP contribution in [0.2, 0.25) is 0 Å². The molecule has 0 amide bonds. The largest absolute Gasteiger partial charge is 0.313 e. The lowest BCUT2D eigenvalue weighted by molar-refractivity contribution is 0.616. The van der Waals surface area contributed by atoms with Gasteiger partial charge in [-0.25, -0.2) is 4.39 Å². The molecule has 1 aliphatic rings. The average Bonchev–Trinajstić information content (AvgIpc) is 2.88. The molecule has 1 nitrogen and oxygen atoms in total. The van der Waals surface area contributed by atoms with Crippen LogP contribution in [0.5, 0.6) is 0 Å². The Balaban J connectivity index is 1.96. The lowest BCUT2D eigenvalue weighted by Gasteiger charge is -2.12. The Morgan fingerprint density at radius 1 is 1.33 bits per heavy atom. The number of nitrogens with one attached hydrogen (secondary N) is 1. The molecule has 0 spiro atoms. The monoisotopic (exact) mass is 267 g/mol. The summed E-state index contributed by atoms with van der Waals surface area (Å²) in [5.41, 5.74) is 1.10. The minimum atomic E-state index is -0.131. The Kier molecular flexibility index (Phi) is 5.51. The van der Waals surface area contributed by atoms with Gasteiger partial charge in [0.15, 0.2) is 0 Å². The van der Waals surface area contributed by atoms with Gasteiger partial charge in [0.25, 0.3) is 0 Å². The first-order valence-electron chi connectivity index (χ1n) is 6.91. The third-order valence-corrected chi connectivity index (χ3v) is 4.88. The van der Waals surface area contributed by atoms with Gasteiger partial charge < -0.3 is 5.32 Å². The normalized spacial score (nSPS) is 16.3. The summed E-state index contributed by atoms with van der Waals surface area (Å²) in [5, 5.41) is 3.28. The predicted octanol–water partition coefficient (Wildman–Crippen LogP) is 4.22. The molecule has 0 aromatic heterocycles. The van der Waals surface area contributed by atoms with Gasteiger partial charge in [-0.3, -0.25) is 0 Å². The highest BCUT2D eigenvalue weighted by atomic mass is 32.2. The van der Waals surface area contributed by atoms with Crippen LogP contribution in [0.15, 0.2) is 23.1 Å². The van der Waals surface area contributed by atoms with Crippen molar-refractivity contribution in [1.82, 2.24) is 5.32 Å². The van der Waals surface area contributed by atoms with Crippen molar-refractivity contribution < 1.29 is 4.39 Å². The fourth-order valence-corrected chi connectivity index (χ4v) is 3.70. The summed E-state index contributed by atoms with van der Waals surface area (Å²) < 4.78 is 13.3. The number of hydrogen-bond acceptors (Lipinski definition) is 2. The third kappa shape index (κ3) is 3.99. The molecule has 1 N–H and O–H groups in total. The van der Waals surface area contributed by atoms with Crippen molar-refractivity contribution in [2.45, 2.75) is 44.0 Å². The molecule has 0 heterocycles. The summed E-state index contributed by atoms with van der Waals surface area (Å²) in [6, 6.07) is 5.17. The van der Waals surface area contributed by atoms with E-state index in [1.807, 2.05) is 17.8 Å². The van der Waals surface area contributed by atoms with E-state index in [1.54, 1.807) is 12.1 Å². The van der Waals surface area contributed by atoms with E-state index in [9.17, 15) is 4.39 Å². The highest BCUT2D eigenvalue weighted by molar-refractivity contribution is 7.99. The highest BCUT2D eigenvalue weighted by Crippen LogP contribution is 2.32. The van der Waals surface area contributed by atoms with Crippen molar-refractivity contribution in [1.29, 1.82) is 0 Å². The molecule has 0 radical (unpaired) electrons. The molecule has 100 valence electrons. The quantitative estimate of drug-likeness (QED) is 0.775. The molecule has 1 aromatic rings. The van der Waals surface area contributed by atoms with Crippen LogP contribution in [0.1, 0.15) is 38.2 Å². The molecule has 0 saturated heterocycles. The summed E-state index contributed by atoms with van der Waals surface area (Å²) in [6.07, 6.45) is 5.52. The van der Waals surface area contributed by atoms with E-state index in [4.69, 9.17) is 0 Å². The summed E-state index contributed by atoms with van der Waals surface area (Å²) in [5.74, 6) is 1.92. The van der Waals surface area contributed by atoms with Crippen molar-refractivity contribution in [3.63, 3.8) is 0 Å². The molecule has 1 fully saturated rings. The third-order valence-electron chi connectivity index (χ3n) is 3.54. The van der Waals surface area contributed by atoms with Crippen LogP contribution < -0.4 is 5.32 Å². The second-order valence-corrected chi connectivity index (χ2v) is 6.06. The Morgan fingerprint density at radius 3 is 2.83 bits per heavy atom. The van der Waals surface area contributed by atoms with E-state index >= 15 is 0 Å². The molecule has 0 aliphatic heterocycles. The second kappa shape index (κ2) is 7.15. The van der Waals surface area contributed by atoms with Crippen LogP contribution in [0.25, 0.3) is 0 Å². The summed E-state index contributed by atoms with van der Waals surface area (Å²) in [6.45, 7) is 3.76. The topological polar surface area (TPSA) is 12.0 Å². The second-order valence-electron chi connectivity index (χ2n) is 4.99. The van der Waals surface area contributed by atoms with E-state index in [0.717, 1.165) is 24.6 Å². The Bertz CT molecular complexity index is 375. The van der Waals surface area contributed by atoms with Crippen LogP contribution in [0.4, 0.5) is 4.39 Å². The minimum absolute atomic E-state index is 0.131. The van der Waals surface area contributed by atoms with Gasteiger partial charge in [-0.05, 0) is 49.1 Å². The molecular formula is C15H22FNS. The van der Waals surface area contributed by atoms with Gasteiger partial charge in [0.05, 0.1) is 0 Å². The Labute approximate surface area is 114 Å². The minimum Gasteiger partial charge on any atom is -0.313 e. The zero-order valence-electron chi connectivity index (χ0n) is 11.0. The first kappa shape index (κ1) is 13.9. The van der Waals surface area contributed by atoms with Crippen LogP contribution in [-0.2, 0) is 6.54 Å². The maximum Gasteiger partial charge on any atom is 0.123 e. The fourth-order valence-electron chi connectivity index (χ4n) is 2.47. The zero-order valence-corrected chi connectivity index (χ0v) is 11.9.